The van der Waals surface area contributed by atoms with Crippen LogP contribution in [0, 0.1) is 0 Å². The van der Waals surface area contributed by atoms with Gasteiger partial charge in [-0.3, -0.25) is 4.79 Å². The second-order valence-corrected chi connectivity index (χ2v) is 9.77. The van der Waals surface area contributed by atoms with Gasteiger partial charge in [0, 0.05) is 53.6 Å². The molecule has 1 aromatic heterocycles. The van der Waals surface area contributed by atoms with E-state index >= 15 is 0 Å². The predicted octanol–water partition coefficient (Wildman–Crippen LogP) is 6.29. The number of piperidine rings is 1. The monoisotopic (exact) mass is 465 g/mol. The molecule has 2 N–H and O–H groups in total. The lowest BCUT2D eigenvalue weighted by Crippen LogP contribution is -2.39. The fraction of sp³-hybridized carbons (Fsp3) is 0.464. The van der Waals surface area contributed by atoms with Gasteiger partial charge in [0.1, 0.15) is 0 Å². The van der Waals surface area contributed by atoms with E-state index in [-0.39, 0.29) is 11.8 Å². The number of nitrogens with one attached hydrogen (secondary N) is 2. The summed E-state index contributed by atoms with van der Waals surface area (Å²) in [5.74, 6) is 0.0767. The number of para-hydroxylation sites is 1. The molecule has 176 valence electrons. The first kappa shape index (κ1) is 23.8. The van der Waals surface area contributed by atoms with Crippen LogP contribution in [0.5, 0.6) is 0 Å². The predicted molar refractivity (Wildman–Crippen MR) is 138 cm³/mol. The zero-order valence-electron chi connectivity index (χ0n) is 19.9. The van der Waals surface area contributed by atoms with Gasteiger partial charge in [0.05, 0.1) is 0 Å². The summed E-state index contributed by atoms with van der Waals surface area (Å²) in [6.07, 6.45) is 8.39. The number of hydrogen-bond acceptors (Lipinski definition) is 2. The molecular weight excluding hydrogens is 430 g/mol. The summed E-state index contributed by atoms with van der Waals surface area (Å²) in [6.45, 7) is 7.46. The average molecular weight is 466 g/mol. The van der Waals surface area contributed by atoms with Crippen LogP contribution in [0.4, 0.5) is 0 Å². The fourth-order valence-corrected chi connectivity index (χ4v) is 5.31. The summed E-state index contributed by atoms with van der Waals surface area (Å²) in [5.41, 5.74) is 4.74. The number of halogens is 1. The van der Waals surface area contributed by atoms with Crippen molar-refractivity contribution in [3.8, 4) is 0 Å². The lowest BCUT2D eigenvalue weighted by Gasteiger charge is -2.33. The second kappa shape index (κ2) is 11.2. The van der Waals surface area contributed by atoms with Gasteiger partial charge in [-0.1, -0.05) is 55.3 Å². The highest BCUT2D eigenvalue weighted by Gasteiger charge is 2.22. The summed E-state index contributed by atoms with van der Waals surface area (Å²) in [6, 6.07) is 15.0. The highest BCUT2D eigenvalue weighted by Crippen LogP contribution is 2.35. The Labute approximate surface area is 202 Å². The maximum atomic E-state index is 13.0. The van der Waals surface area contributed by atoms with Crippen molar-refractivity contribution in [2.75, 3.05) is 19.6 Å². The number of nitrogens with zero attached hydrogens (tertiary/aromatic N) is 1. The third kappa shape index (κ3) is 5.80. The molecule has 2 aromatic carbocycles. The van der Waals surface area contributed by atoms with Crippen molar-refractivity contribution in [2.24, 2.45) is 0 Å². The van der Waals surface area contributed by atoms with E-state index < -0.39 is 0 Å². The van der Waals surface area contributed by atoms with Crippen molar-refractivity contribution in [3.05, 3.63) is 70.4 Å². The third-order valence-corrected chi connectivity index (χ3v) is 7.39. The minimum absolute atomic E-state index is 0.0229. The van der Waals surface area contributed by atoms with E-state index in [4.69, 9.17) is 11.6 Å². The number of carbonyl (C=O) groups excluding carboxylic acids is 1. The zero-order chi connectivity index (χ0) is 23.2. The van der Waals surface area contributed by atoms with E-state index in [9.17, 15) is 4.79 Å². The van der Waals surface area contributed by atoms with E-state index in [2.05, 4.69) is 53.4 Å². The lowest BCUT2D eigenvalue weighted by atomic mass is 9.87. The molecule has 4 nitrogen and oxygen atoms in total. The van der Waals surface area contributed by atoms with Crippen molar-refractivity contribution in [1.82, 2.24) is 15.2 Å². The number of H-pyrrole nitrogens is 1. The minimum Gasteiger partial charge on any atom is -0.361 e. The molecule has 2 heterocycles. The van der Waals surface area contributed by atoms with Gasteiger partial charge in [-0.2, -0.15) is 0 Å². The topological polar surface area (TPSA) is 48.1 Å². The van der Waals surface area contributed by atoms with Gasteiger partial charge in [0.15, 0.2) is 0 Å². The Morgan fingerprint density at radius 3 is 2.79 bits per heavy atom. The maximum absolute atomic E-state index is 13.0. The first-order chi connectivity index (χ1) is 16.1. The molecule has 1 aliphatic rings. The van der Waals surface area contributed by atoms with Crippen molar-refractivity contribution in [1.29, 1.82) is 0 Å². The Morgan fingerprint density at radius 2 is 2.03 bits per heavy atom. The summed E-state index contributed by atoms with van der Waals surface area (Å²) in [7, 11) is 0. The molecule has 0 radical (unpaired) electrons. The number of aryl methyl sites for hydroxylation is 1. The minimum atomic E-state index is -0.0229. The van der Waals surface area contributed by atoms with Crippen LogP contribution in [0.3, 0.4) is 0 Å². The molecule has 5 heteroatoms. The van der Waals surface area contributed by atoms with Crippen LogP contribution in [0.15, 0.2) is 48.7 Å². The van der Waals surface area contributed by atoms with Crippen LogP contribution in [-0.4, -0.2) is 41.5 Å². The van der Waals surface area contributed by atoms with E-state index in [1.165, 1.54) is 47.8 Å². The van der Waals surface area contributed by atoms with Crippen molar-refractivity contribution < 1.29 is 4.79 Å². The van der Waals surface area contributed by atoms with Crippen molar-refractivity contribution >= 4 is 28.4 Å². The van der Waals surface area contributed by atoms with E-state index in [1.807, 2.05) is 24.3 Å². The lowest BCUT2D eigenvalue weighted by molar-refractivity contribution is -0.121. The molecule has 0 saturated carbocycles. The maximum Gasteiger partial charge on any atom is 0.220 e. The molecule has 1 aliphatic heterocycles. The highest BCUT2D eigenvalue weighted by atomic mass is 35.5. The SMILES string of the molecule is CCc1cccc2c(C(CC(=O)NCCCN3CCCCC3C)c3ccc(Cl)cc3)c[nH]c12. The smallest absolute Gasteiger partial charge is 0.220 e. The van der Waals surface area contributed by atoms with Crippen LogP contribution in [0.1, 0.15) is 68.6 Å². The Bertz CT molecular complexity index is 1060. The Hall–Kier alpha value is -2.30. The molecule has 33 heavy (non-hydrogen) atoms. The number of aromatic amines is 1. The van der Waals surface area contributed by atoms with Gasteiger partial charge < -0.3 is 15.2 Å². The molecule has 0 spiro atoms. The fourth-order valence-electron chi connectivity index (χ4n) is 5.18. The summed E-state index contributed by atoms with van der Waals surface area (Å²) in [5, 5.41) is 5.08. The van der Waals surface area contributed by atoms with Gasteiger partial charge in [-0.25, -0.2) is 0 Å². The van der Waals surface area contributed by atoms with Crippen LogP contribution < -0.4 is 5.32 Å². The molecule has 1 amide bonds. The van der Waals surface area contributed by atoms with Crippen LogP contribution in [0.2, 0.25) is 5.02 Å². The molecule has 4 rings (SSSR count). The van der Waals surface area contributed by atoms with E-state index in [0.717, 1.165) is 31.5 Å². The largest absolute Gasteiger partial charge is 0.361 e. The summed E-state index contributed by atoms with van der Waals surface area (Å²) in [4.78, 5) is 19.0. The molecule has 2 unspecified atom stereocenters. The molecule has 2 atom stereocenters. The van der Waals surface area contributed by atoms with Gasteiger partial charge in [0.25, 0.3) is 0 Å². The summed E-state index contributed by atoms with van der Waals surface area (Å²) >= 11 is 6.15. The molecule has 1 fully saturated rings. The number of benzene rings is 2. The van der Waals surface area contributed by atoms with E-state index in [1.54, 1.807) is 0 Å². The number of hydrogen-bond donors (Lipinski definition) is 2. The zero-order valence-corrected chi connectivity index (χ0v) is 20.6. The standard InChI is InChI=1S/C28H36ClN3O/c1-3-21-9-6-10-24-26(19-31-28(21)24)25(22-11-13-23(29)14-12-22)18-27(33)30-15-7-17-32-16-5-4-8-20(32)2/h6,9-14,19-20,25,31H,3-5,7-8,15-18H2,1-2H3,(H,30,33). The molecular formula is C28H36ClN3O. The first-order valence-electron chi connectivity index (χ1n) is 12.4. The number of aromatic nitrogens is 1. The Morgan fingerprint density at radius 1 is 1.21 bits per heavy atom. The first-order valence-corrected chi connectivity index (χ1v) is 12.8. The summed E-state index contributed by atoms with van der Waals surface area (Å²) < 4.78 is 0. The number of carbonyl (C=O) groups is 1. The molecule has 1 saturated heterocycles. The van der Waals surface area contributed by atoms with Crippen LogP contribution in [-0.2, 0) is 11.2 Å². The molecule has 0 aliphatic carbocycles. The molecule has 3 aromatic rings. The normalized spacial score (nSPS) is 17.8. The average Bonchev–Trinajstić information content (AvgIpc) is 3.26. The van der Waals surface area contributed by atoms with Gasteiger partial charge >= 0.3 is 0 Å². The van der Waals surface area contributed by atoms with E-state index in [0.29, 0.717) is 17.5 Å². The Kier molecular flexibility index (Phi) is 8.11. The highest BCUT2D eigenvalue weighted by molar-refractivity contribution is 6.30. The number of likely N-dealkylation sites (tertiary alicyclic amines) is 1. The molecule has 0 bridgehead atoms. The third-order valence-electron chi connectivity index (χ3n) is 7.14. The van der Waals surface area contributed by atoms with Gasteiger partial charge in [0.2, 0.25) is 5.91 Å². The second-order valence-electron chi connectivity index (χ2n) is 9.33. The quantitative estimate of drug-likeness (QED) is 0.365. The Balaban J connectivity index is 1.46. The van der Waals surface area contributed by atoms with Crippen LogP contribution >= 0.6 is 11.6 Å². The number of fused-ring (bicyclic) bond motifs is 1. The van der Waals surface area contributed by atoms with Crippen LogP contribution in [0.25, 0.3) is 10.9 Å². The van der Waals surface area contributed by atoms with Crippen molar-refractivity contribution in [3.63, 3.8) is 0 Å². The van der Waals surface area contributed by atoms with Gasteiger partial charge in [-0.15, -0.1) is 0 Å². The number of rotatable bonds is 9. The number of amides is 1. The van der Waals surface area contributed by atoms with Gasteiger partial charge in [-0.05, 0) is 68.0 Å². The van der Waals surface area contributed by atoms with Crippen molar-refractivity contribution in [2.45, 2.75) is 64.3 Å².